The lowest BCUT2D eigenvalue weighted by Crippen LogP contribution is -2.16. The molecule has 4 heteroatoms. The standard InChI is InChI=1S/C12H15FO2.C3H6O.C2H6/c1-4-15-8-9-5-10(12(2,3)14)7-11(13)6-9;1-3(2)4;1-2/h4-7,14H,1,8H2,2-3H3;1-2H3;1-2H3. The van der Waals surface area contributed by atoms with Crippen molar-refractivity contribution in [3.63, 3.8) is 0 Å². The van der Waals surface area contributed by atoms with E-state index in [-0.39, 0.29) is 18.2 Å². The maximum Gasteiger partial charge on any atom is 0.126 e. The Hall–Kier alpha value is -1.68. The Balaban J connectivity index is 0. The maximum atomic E-state index is 13.2. The second kappa shape index (κ2) is 11.0. The summed E-state index contributed by atoms with van der Waals surface area (Å²) in [6, 6.07) is 4.41. The minimum absolute atomic E-state index is 0.167. The lowest BCUT2D eigenvalue weighted by atomic mass is 9.96. The summed E-state index contributed by atoms with van der Waals surface area (Å²) >= 11 is 0. The number of aliphatic hydroxyl groups is 1. The first-order chi connectivity index (χ1) is 9.66. The van der Waals surface area contributed by atoms with Crippen LogP contribution in [-0.4, -0.2) is 10.9 Å². The highest BCUT2D eigenvalue weighted by molar-refractivity contribution is 5.72. The number of carbonyl (C=O) groups excluding carboxylic acids is 1. The number of ether oxygens (including phenoxy) is 1. The second-order valence-electron chi connectivity index (χ2n) is 4.79. The number of rotatable bonds is 4. The van der Waals surface area contributed by atoms with Gasteiger partial charge in [0.05, 0.1) is 11.9 Å². The average Bonchev–Trinajstić information content (AvgIpc) is 2.36. The molecular weight excluding hydrogens is 271 g/mol. The summed E-state index contributed by atoms with van der Waals surface area (Å²) in [6.45, 7) is 13.9. The summed E-state index contributed by atoms with van der Waals surface area (Å²) in [5.41, 5.74) is 0.155. The van der Waals surface area contributed by atoms with Crippen molar-refractivity contribution in [3.05, 3.63) is 48.0 Å². The number of hydrogen-bond donors (Lipinski definition) is 1. The third kappa shape index (κ3) is 11.8. The van der Waals surface area contributed by atoms with Crippen molar-refractivity contribution in [1.82, 2.24) is 0 Å². The van der Waals surface area contributed by atoms with Gasteiger partial charge in [-0.05, 0) is 57.0 Å². The third-order valence-electron chi connectivity index (χ3n) is 2.03. The summed E-state index contributed by atoms with van der Waals surface area (Å²) < 4.78 is 18.2. The molecule has 3 nitrogen and oxygen atoms in total. The van der Waals surface area contributed by atoms with E-state index in [4.69, 9.17) is 4.74 Å². The molecule has 0 saturated carbocycles. The van der Waals surface area contributed by atoms with Crippen molar-refractivity contribution in [2.75, 3.05) is 0 Å². The van der Waals surface area contributed by atoms with Crippen LogP contribution in [0.4, 0.5) is 4.39 Å². The SMILES string of the molecule is C=COCc1cc(F)cc(C(C)(C)O)c1.CC.CC(C)=O. The van der Waals surface area contributed by atoms with Gasteiger partial charge < -0.3 is 14.6 Å². The predicted molar refractivity (Wildman–Crippen MR) is 84.3 cm³/mol. The van der Waals surface area contributed by atoms with Crippen molar-refractivity contribution in [2.24, 2.45) is 0 Å². The Labute approximate surface area is 127 Å². The van der Waals surface area contributed by atoms with Crippen molar-refractivity contribution in [2.45, 2.75) is 53.8 Å². The molecule has 0 saturated heterocycles. The molecule has 0 aliphatic heterocycles. The first-order valence-electron chi connectivity index (χ1n) is 6.88. The van der Waals surface area contributed by atoms with Crippen LogP contribution in [0.5, 0.6) is 0 Å². The van der Waals surface area contributed by atoms with E-state index in [2.05, 4.69) is 6.58 Å². The van der Waals surface area contributed by atoms with Gasteiger partial charge in [-0.15, -0.1) is 0 Å². The van der Waals surface area contributed by atoms with Crippen LogP contribution in [0.15, 0.2) is 31.0 Å². The first kappa shape index (κ1) is 21.6. The van der Waals surface area contributed by atoms with Gasteiger partial charge in [-0.3, -0.25) is 0 Å². The summed E-state index contributed by atoms with van der Waals surface area (Å²) in [4.78, 5) is 9.44. The highest BCUT2D eigenvalue weighted by atomic mass is 19.1. The largest absolute Gasteiger partial charge is 0.497 e. The Morgan fingerprint density at radius 1 is 1.33 bits per heavy atom. The molecule has 0 unspecified atom stereocenters. The zero-order valence-electron chi connectivity index (χ0n) is 13.9. The molecule has 0 bridgehead atoms. The van der Waals surface area contributed by atoms with E-state index in [1.807, 2.05) is 13.8 Å². The lowest BCUT2D eigenvalue weighted by Gasteiger charge is -2.18. The van der Waals surface area contributed by atoms with E-state index in [1.54, 1.807) is 19.9 Å². The van der Waals surface area contributed by atoms with E-state index in [0.717, 1.165) is 0 Å². The smallest absolute Gasteiger partial charge is 0.126 e. The maximum absolute atomic E-state index is 13.2. The van der Waals surface area contributed by atoms with E-state index in [9.17, 15) is 14.3 Å². The topological polar surface area (TPSA) is 46.5 Å². The van der Waals surface area contributed by atoms with Crippen LogP contribution in [0.1, 0.15) is 52.7 Å². The number of Topliss-reactive ketones (excluding diaryl/α,β-unsaturated/α-hetero) is 1. The molecule has 0 spiro atoms. The molecule has 1 rings (SSSR count). The highest BCUT2D eigenvalue weighted by Gasteiger charge is 2.17. The quantitative estimate of drug-likeness (QED) is 0.841. The van der Waals surface area contributed by atoms with E-state index in [1.165, 1.54) is 32.2 Å². The van der Waals surface area contributed by atoms with Crippen LogP contribution < -0.4 is 0 Å². The average molecular weight is 298 g/mol. The predicted octanol–water partition coefficient (Wildman–Crippen LogP) is 4.33. The molecule has 0 fully saturated rings. The van der Waals surface area contributed by atoms with Crippen molar-refractivity contribution in [1.29, 1.82) is 0 Å². The van der Waals surface area contributed by atoms with Crippen LogP contribution in [0, 0.1) is 5.82 Å². The summed E-state index contributed by atoms with van der Waals surface area (Å²) in [5.74, 6) is -0.211. The van der Waals surface area contributed by atoms with Gasteiger partial charge >= 0.3 is 0 Å². The Morgan fingerprint density at radius 2 is 1.81 bits per heavy atom. The summed E-state index contributed by atoms with van der Waals surface area (Å²) in [7, 11) is 0. The van der Waals surface area contributed by atoms with E-state index in [0.29, 0.717) is 11.1 Å². The number of halogens is 1. The van der Waals surface area contributed by atoms with Gasteiger partial charge in [-0.25, -0.2) is 4.39 Å². The molecule has 1 N–H and O–H groups in total. The Bertz CT molecular complexity index is 430. The van der Waals surface area contributed by atoms with Gasteiger partial charge in [-0.1, -0.05) is 20.4 Å². The molecule has 0 radical (unpaired) electrons. The minimum atomic E-state index is -1.05. The monoisotopic (exact) mass is 298 g/mol. The fourth-order valence-corrected chi connectivity index (χ4v) is 1.24. The zero-order chi connectivity index (χ0) is 17.1. The second-order valence-corrected chi connectivity index (χ2v) is 4.79. The number of benzene rings is 1. The summed E-state index contributed by atoms with van der Waals surface area (Å²) in [6.07, 6.45) is 1.30. The molecule has 0 aromatic heterocycles. The number of ketones is 1. The molecule has 1 aromatic rings. The number of hydrogen-bond acceptors (Lipinski definition) is 3. The van der Waals surface area contributed by atoms with E-state index >= 15 is 0 Å². The lowest BCUT2D eigenvalue weighted by molar-refractivity contribution is -0.114. The van der Waals surface area contributed by atoms with Gasteiger partial charge in [0.2, 0.25) is 0 Å². The van der Waals surface area contributed by atoms with Crippen molar-refractivity contribution in [3.8, 4) is 0 Å². The number of carbonyl (C=O) groups is 1. The summed E-state index contributed by atoms with van der Waals surface area (Å²) in [5, 5.41) is 9.74. The zero-order valence-corrected chi connectivity index (χ0v) is 13.9. The van der Waals surface area contributed by atoms with E-state index < -0.39 is 5.60 Å². The van der Waals surface area contributed by atoms with Gasteiger partial charge in [0.25, 0.3) is 0 Å². The van der Waals surface area contributed by atoms with Gasteiger partial charge in [-0.2, -0.15) is 0 Å². The van der Waals surface area contributed by atoms with Crippen LogP contribution in [0.25, 0.3) is 0 Å². The van der Waals surface area contributed by atoms with Crippen LogP contribution in [0.2, 0.25) is 0 Å². The van der Waals surface area contributed by atoms with Crippen LogP contribution in [-0.2, 0) is 21.7 Å². The fourth-order valence-electron chi connectivity index (χ4n) is 1.24. The van der Waals surface area contributed by atoms with Crippen LogP contribution >= 0.6 is 0 Å². The normalized spacial score (nSPS) is 9.52. The third-order valence-corrected chi connectivity index (χ3v) is 2.03. The molecule has 21 heavy (non-hydrogen) atoms. The van der Waals surface area contributed by atoms with Crippen LogP contribution in [0.3, 0.4) is 0 Å². The molecule has 0 atom stereocenters. The molecule has 0 heterocycles. The van der Waals surface area contributed by atoms with Crippen molar-refractivity contribution >= 4 is 5.78 Å². The molecule has 0 aliphatic carbocycles. The van der Waals surface area contributed by atoms with Gasteiger partial charge in [0.15, 0.2) is 0 Å². The minimum Gasteiger partial charge on any atom is -0.497 e. The van der Waals surface area contributed by atoms with Crippen molar-refractivity contribution < 1.29 is 19.0 Å². The molecule has 0 aliphatic rings. The Morgan fingerprint density at radius 3 is 2.19 bits per heavy atom. The fraction of sp³-hybridized carbons (Fsp3) is 0.471. The highest BCUT2D eigenvalue weighted by Crippen LogP contribution is 2.22. The molecular formula is C17H27FO3. The Kier molecular flexibility index (Phi) is 11.4. The molecule has 1 aromatic carbocycles. The molecule has 0 amide bonds. The first-order valence-corrected chi connectivity index (χ1v) is 6.88. The molecule has 120 valence electrons. The van der Waals surface area contributed by atoms with Gasteiger partial charge in [0, 0.05) is 0 Å². The van der Waals surface area contributed by atoms with Gasteiger partial charge in [0.1, 0.15) is 18.2 Å².